The van der Waals surface area contributed by atoms with Crippen LogP contribution in [0.2, 0.25) is 0 Å². The molecule has 0 radical (unpaired) electrons. The second-order valence-corrected chi connectivity index (χ2v) is 9.98. The Kier molecular flexibility index (Phi) is 5.25. The van der Waals surface area contributed by atoms with Crippen LogP contribution in [0.25, 0.3) is 0 Å². The number of piperidine rings is 1. The highest BCUT2D eigenvalue weighted by atomic mass is 32.2. The second kappa shape index (κ2) is 7.68. The van der Waals surface area contributed by atoms with E-state index in [9.17, 15) is 13.2 Å². The number of rotatable bonds is 4. The van der Waals surface area contributed by atoms with E-state index in [0.29, 0.717) is 11.0 Å². The van der Waals surface area contributed by atoms with Gasteiger partial charge in [0.1, 0.15) is 0 Å². The molecule has 6 heteroatoms. The van der Waals surface area contributed by atoms with Crippen molar-refractivity contribution >= 4 is 15.7 Å². The molecule has 0 saturated carbocycles. The number of benzene rings is 2. The van der Waals surface area contributed by atoms with Gasteiger partial charge in [0.15, 0.2) is 9.84 Å². The summed E-state index contributed by atoms with van der Waals surface area (Å²) in [6, 6.07) is 15.6. The maximum absolute atomic E-state index is 13.0. The summed E-state index contributed by atoms with van der Waals surface area (Å²) in [7, 11) is -3.50. The first-order valence-corrected chi connectivity index (χ1v) is 11.5. The van der Waals surface area contributed by atoms with Crippen molar-refractivity contribution in [1.29, 1.82) is 0 Å². The number of nitrogens with one attached hydrogen (secondary N) is 1. The molecule has 0 aromatic heterocycles. The van der Waals surface area contributed by atoms with E-state index < -0.39 is 9.84 Å². The molecule has 4 rings (SSSR count). The Labute approximate surface area is 166 Å². The molecule has 2 aliphatic heterocycles. The summed E-state index contributed by atoms with van der Waals surface area (Å²) in [5.74, 6) is -0.136. The quantitative estimate of drug-likeness (QED) is 0.860. The van der Waals surface area contributed by atoms with E-state index in [1.54, 1.807) is 30.3 Å². The van der Waals surface area contributed by atoms with Gasteiger partial charge in [0.05, 0.1) is 10.6 Å². The normalized spacial score (nSPS) is 19.1. The Morgan fingerprint density at radius 3 is 2.43 bits per heavy atom. The largest absolute Gasteiger partial charge is 0.339 e. The van der Waals surface area contributed by atoms with Gasteiger partial charge in [-0.15, -0.1) is 0 Å². The summed E-state index contributed by atoms with van der Waals surface area (Å²) in [5.41, 5.74) is 1.54. The Morgan fingerprint density at radius 2 is 1.75 bits per heavy atom. The van der Waals surface area contributed by atoms with Gasteiger partial charge in [-0.1, -0.05) is 36.4 Å². The van der Waals surface area contributed by atoms with Crippen LogP contribution in [-0.2, 0) is 15.6 Å². The molecule has 0 aliphatic carbocycles. The predicted octanol–water partition coefficient (Wildman–Crippen LogP) is 2.88. The van der Waals surface area contributed by atoms with Crippen LogP contribution in [0.4, 0.5) is 0 Å². The Balaban J connectivity index is 1.48. The third kappa shape index (κ3) is 3.98. The van der Waals surface area contributed by atoms with Gasteiger partial charge in [0, 0.05) is 25.2 Å². The summed E-state index contributed by atoms with van der Waals surface area (Å²) >= 11 is 0. The van der Waals surface area contributed by atoms with Gasteiger partial charge in [-0.05, 0) is 55.0 Å². The Bertz CT molecular complexity index is 941. The topological polar surface area (TPSA) is 66.5 Å². The van der Waals surface area contributed by atoms with Crippen molar-refractivity contribution in [2.24, 2.45) is 5.41 Å². The molecule has 0 unspecified atom stereocenters. The van der Waals surface area contributed by atoms with Crippen LogP contribution in [0, 0.1) is 5.41 Å². The molecule has 2 fully saturated rings. The van der Waals surface area contributed by atoms with Crippen LogP contribution in [0.15, 0.2) is 59.5 Å². The number of nitrogens with zero attached hydrogens (tertiary/aromatic N) is 1. The molecule has 1 amide bonds. The van der Waals surface area contributed by atoms with Crippen molar-refractivity contribution in [1.82, 2.24) is 10.2 Å². The fourth-order valence-electron chi connectivity index (χ4n) is 4.29. The molecule has 148 valence electrons. The average Bonchev–Trinajstić information content (AvgIpc) is 3.16. The number of carbonyl (C=O) groups is 1. The van der Waals surface area contributed by atoms with E-state index in [1.807, 2.05) is 23.1 Å². The summed E-state index contributed by atoms with van der Waals surface area (Å²) in [5, 5.41) is 3.43. The standard InChI is InChI=1S/C22H26N2O3S/c25-21(24-13-10-22(11-14-24)9-12-23-17-22)19-7-4-8-20(15-19)28(26,27)16-18-5-2-1-3-6-18/h1-8,15,23H,9-14,16-17H2. The van der Waals surface area contributed by atoms with E-state index in [1.165, 1.54) is 12.5 Å². The fraction of sp³-hybridized carbons (Fsp3) is 0.409. The maximum atomic E-state index is 13.0. The van der Waals surface area contributed by atoms with Crippen LogP contribution in [-0.4, -0.2) is 45.4 Å². The lowest BCUT2D eigenvalue weighted by Gasteiger charge is -2.39. The van der Waals surface area contributed by atoms with Gasteiger partial charge in [0.2, 0.25) is 0 Å². The van der Waals surface area contributed by atoms with Gasteiger partial charge >= 0.3 is 0 Å². The van der Waals surface area contributed by atoms with Gasteiger partial charge < -0.3 is 10.2 Å². The van der Waals surface area contributed by atoms with Crippen molar-refractivity contribution in [2.75, 3.05) is 26.2 Å². The lowest BCUT2D eigenvalue weighted by Crippen LogP contribution is -2.44. The van der Waals surface area contributed by atoms with Gasteiger partial charge in [0.25, 0.3) is 5.91 Å². The van der Waals surface area contributed by atoms with E-state index in [0.717, 1.165) is 44.6 Å². The van der Waals surface area contributed by atoms with Crippen molar-refractivity contribution in [3.05, 3.63) is 65.7 Å². The monoisotopic (exact) mass is 398 g/mol. The molecule has 1 spiro atoms. The minimum absolute atomic E-state index is 0.0648. The predicted molar refractivity (Wildman–Crippen MR) is 109 cm³/mol. The molecule has 2 heterocycles. The van der Waals surface area contributed by atoms with Gasteiger partial charge in [-0.2, -0.15) is 0 Å². The first kappa shape index (κ1) is 19.2. The van der Waals surface area contributed by atoms with Crippen LogP contribution >= 0.6 is 0 Å². The summed E-state index contributed by atoms with van der Waals surface area (Å²) in [6.07, 6.45) is 3.21. The van der Waals surface area contributed by atoms with E-state index in [4.69, 9.17) is 0 Å². The fourth-order valence-corrected chi connectivity index (χ4v) is 5.68. The summed E-state index contributed by atoms with van der Waals surface area (Å²) in [6.45, 7) is 3.58. The van der Waals surface area contributed by atoms with E-state index in [2.05, 4.69) is 5.32 Å². The zero-order valence-electron chi connectivity index (χ0n) is 15.9. The minimum atomic E-state index is -3.50. The third-order valence-corrected chi connectivity index (χ3v) is 7.77. The number of hydrogen-bond donors (Lipinski definition) is 1. The molecular formula is C22H26N2O3S. The molecule has 28 heavy (non-hydrogen) atoms. The minimum Gasteiger partial charge on any atom is -0.339 e. The highest BCUT2D eigenvalue weighted by Crippen LogP contribution is 2.37. The molecule has 2 aliphatic rings. The molecule has 5 nitrogen and oxygen atoms in total. The number of likely N-dealkylation sites (tertiary alicyclic amines) is 1. The maximum Gasteiger partial charge on any atom is 0.253 e. The smallest absolute Gasteiger partial charge is 0.253 e. The van der Waals surface area contributed by atoms with Crippen molar-refractivity contribution in [3.8, 4) is 0 Å². The van der Waals surface area contributed by atoms with Crippen molar-refractivity contribution in [2.45, 2.75) is 29.9 Å². The van der Waals surface area contributed by atoms with Crippen LogP contribution in [0.3, 0.4) is 0 Å². The lowest BCUT2D eigenvalue weighted by molar-refractivity contribution is 0.0607. The zero-order chi connectivity index (χ0) is 19.6. The SMILES string of the molecule is O=C(c1cccc(S(=O)(=O)Cc2ccccc2)c1)N1CCC2(CCNC2)CC1. The van der Waals surface area contributed by atoms with Crippen LogP contribution < -0.4 is 5.32 Å². The van der Waals surface area contributed by atoms with Crippen LogP contribution in [0.5, 0.6) is 0 Å². The number of hydrogen-bond acceptors (Lipinski definition) is 4. The molecule has 2 aromatic rings. The van der Waals surface area contributed by atoms with Crippen molar-refractivity contribution < 1.29 is 13.2 Å². The van der Waals surface area contributed by atoms with E-state index >= 15 is 0 Å². The molecule has 0 bridgehead atoms. The Hall–Kier alpha value is -2.18. The third-order valence-electron chi connectivity index (χ3n) is 6.08. The Morgan fingerprint density at radius 1 is 1.00 bits per heavy atom. The first-order valence-electron chi connectivity index (χ1n) is 9.84. The van der Waals surface area contributed by atoms with Crippen LogP contribution in [0.1, 0.15) is 35.2 Å². The number of amides is 1. The first-order chi connectivity index (χ1) is 13.5. The highest BCUT2D eigenvalue weighted by Gasteiger charge is 2.38. The highest BCUT2D eigenvalue weighted by molar-refractivity contribution is 7.90. The van der Waals surface area contributed by atoms with E-state index in [-0.39, 0.29) is 16.6 Å². The number of carbonyl (C=O) groups excluding carboxylic acids is 1. The lowest BCUT2D eigenvalue weighted by atomic mass is 9.78. The number of sulfone groups is 1. The van der Waals surface area contributed by atoms with Gasteiger partial charge in [-0.25, -0.2) is 8.42 Å². The molecule has 1 N–H and O–H groups in total. The second-order valence-electron chi connectivity index (χ2n) is 7.99. The summed E-state index contributed by atoms with van der Waals surface area (Å²) in [4.78, 5) is 15.0. The summed E-state index contributed by atoms with van der Waals surface area (Å²) < 4.78 is 25.6. The molecule has 2 aromatic carbocycles. The molecule has 2 saturated heterocycles. The molecular weight excluding hydrogens is 372 g/mol. The zero-order valence-corrected chi connectivity index (χ0v) is 16.7. The van der Waals surface area contributed by atoms with Crippen molar-refractivity contribution in [3.63, 3.8) is 0 Å². The van der Waals surface area contributed by atoms with Gasteiger partial charge in [-0.3, -0.25) is 4.79 Å². The molecule has 0 atom stereocenters. The average molecular weight is 399 g/mol.